The van der Waals surface area contributed by atoms with Crippen LogP contribution >= 0.6 is 7.82 Å². The average molecular weight is 325 g/mol. The number of nitrogens with one attached hydrogen (secondary N) is 1. The number of alkyl carbamates (subject to hydrolysis) is 1. The largest absolute Gasteiger partial charge is 0.476 e. The van der Waals surface area contributed by atoms with Crippen LogP contribution in [-0.4, -0.2) is 31.1 Å². The van der Waals surface area contributed by atoms with Crippen LogP contribution in [0.3, 0.4) is 0 Å². The summed E-state index contributed by atoms with van der Waals surface area (Å²) in [5, 5.41) is 2.53. The Morgan fingerprint density at radius 3 is 2.05 bits per heavy atom. The van der Waals surface area contributed by atoms with Gasteiger partial charge in [-0.05, 0) is 41.0 Å². The number of carbonyl (C=O) groups is 1. The van der Waals surface area contributed by atoms with Crippen molar-refractivity contribution in [3.63, 3.8) is 0 Å². The highest BCUT2D eigenvalue weighted by Crippen LogP contribution is 2.50. The van der Waals surface area contributed by atoms with Crippen molar-refractivity contribution < 1.29 is 27.7 Å². The molecule has 126 valence electrons. The van der Waals surface area contributed by atoms with Gasteiger partial charge in [0.15, 0.2) is 0 Å². The third kappa shape index (κ3) is 9.85. The van der Waals surface area contributed by atoms with E-state index < -0.39 is 25.7 Å². The van der Waals surface area contributed by atoms with Crippen molar-refractivity contribution in [2.45, 2.75) is 66.2 Å². The second kappa shape index (κ2) is 9.41. The van der Waals surface area contributed by atoms with Gasteiger partial charge in [0.25, 0.3) is 0 Å². The van der Waals surface area contributed by atoms with Crippen LogP contribution < -0.4 is 5.32 Å². The summed E-state index contributed by atoms with van der Waals surface area (Å²) in [6, 6.07) is 0. The van der Waals surface area contributed by atoms with Crippen LogP contribution in [0, 0.1) is 0 Å². The highest BCUT2D eigenvalue weighted by Gasteiger charge is 2.31. The highest BCUT2D eigenvalue weighted by molar-refractivity contribution is 7.48. The van der Waals surface area contributed by atoms with Gasteiger partial charge in [0, 0.05) is 0 Å². The first-order valence-corrected chi connectivity index (χ1v) is 8.68. The average Bonchev–Trinajstić information content (AvgIpc) is 2.26. The maximum Gasteiger partial charge on any atom is 0.476 e. The van der Waals surface area contributed by atoms with E-state index in [1.54, 1.807) is 34.6 Å². The first-order valence-electron chi connectivity index (χ1n) is 7.22. The van der Waals surface area contributed by atoms with E-state index in [0.717, 1.165) is 6.42 Å². The Morgan fingerprint density at radius 2 is 1.67 bits per heavy atom. The van der Waals surface area contributed by atoms with E-state index in [1.807, 2.05) is 6.92 Å². The Hall–Kier alpha value is -0.620. The first-order chi connectivity index (χ1) is 9.65. The van der Waals surface area contributed by atoms with Crippen LogP contribution in [0.4, 0.5) is 4.79 Å². The number of rotatable bonds is 9. The Kier molecular flexibility index (Phi) is 9.13. The van der Waals surface area contributed by atoms with Gasteiger partial charge < -0.3 is 4.74 Å². The van der Waals surface area contributed by atoms with Gasteiger partial charge in [-0.2, -0.15) is 0 Å². The van der Waals surface area contributed by atoms with Crippen LogP contribution in [0.25, 0.3) is 0 Å². The van der Waals surface area contributed by atoms with Gasteiger partial charge in [-0.1, -0.05) is 13.3 Å². The SMILES string of the molecule is CCCC(NC(=O)OC(C)(C)C)OP(=O)(OCC)OCC. The molecule has 0 fully saturated rings. The summed E-state index contributed by atoms with van der Waals surface area (Å²) in [5.74, 6) is 0. The number of hydrogen-bond donors (Lipinski definition) is 1. The summed E-state index contributed by atoms with van der Waals surface area (Å²) in [5.41, 5.74) is -0.621. The molecule has 0 bridgehead atoms. The molecule has 0 radical (unpaired) electrons. The lowest BCUT2D eigenvalue weighted by Crippen LogP contribution is -2.40. The molecule has 0 saturated carbocycles. The summed E-state index contributed by atoms with van der Waals surface area (Å²) in [6.07, 6.45) is -0.253. The Balaban J connectivity index is 4.73. The van der Waals surface area contributed by atoms with Crippen molar-refractivity contribution in [2.24, 2.45) is 0 Å². The number of carbonyl (C=O) groups excluding carboxylic acids is 1. The molecule has 8 heteroatoms. The summed E-state index contributed by atoms with van der Waals surface area (Å²) < 4.78 is 32.9. The lowest BCUT2D eigenvalue weighted by atomic mass is 10.2. The Bertz CT molecular complexity index is 345. The molecule has 21 heavy (non-hydrogen) atoms. The summed E-state index contributed by atoms with van der Waals surface area (Å²) >= 11 is 0. The molecule has 1 unspecified atom stereocenters. The second-order valence-corrected chi connectivity index (χ2v) is 6.93. The van der Waals surface area contributed by atoms with Gasteiger partial charge in [-0.3, -0.25) is 18.9 Å². The molecule has 0 spiro atoms. The van der Waals surface area contributed by atoms with Gasteiger partial charge in [-0.25, -0.2) is 9.36 Å². The summed E-state index contributed by atoms with van der Waals surface area (Å²) in [6.45, 7) is 10.9. The Morgan fingerprint density at radius 1 is 1.14 bits per heavy atom. The van der Waals surface area contributed by atoms with Crippen LogP contribution in [0.15, 0.2) is 0 Å². The molecule has 0 aliphatic rings. The maximum atomic E-state index is 12.3. The lowest BCUT2D eigenvalue weighted by molar-refractivity contribution is 0.0270. The van der Waals surface area contributed by atoms with Crippen molar-refractivity contribution >= 4 is 13.9 Å². The number of phosphoric acid groups is 1. The molecule has 0 aliphatic heterocycles. The molecule has 0 aromatic rings. The monoisotopic (exact) mass is 325 g/mol. The molecule has 0 heterocycles. The predicted molar refractivity (Wildman–Crippen MR) is 80.0 cm³/mol. The van der Waals surface area contributed by atoms with Crippen molar-refractivity contribution in [3.8, 4) is 0 Å². The van der Waals surface area contributed by atoms with Gasteiger partial charge >= 0.3 is 13.9 Å². The number of amides is 1. The van der Waals surface area contributed by atoms with Crippen molar-refractivity contribution in [1.82, 2.24) is 5.32 Å². The minimum atomic E-state index is -3.68. The topological polar surface area (TPSA) is 83.1 Å². The number of ether oxygens (including phenoxy) is 1. The molecule has 0 saturated heterocycles. The molecule has 0 aromatic carbocycles. The molecular formula is C13H28NO6P. The van der Waals surface area contributed by atoms with Crippen LogP contribution in [0.5, 0.6) is 0 Å². The predicted octanol–water partition coefficient (Wildman–Crippen LogP) is 3.84. The first kappa shape index (κ1) is 20.4. The van der Waals surface area contributed by atoms with E-state index in [1.165, 1.54) is 0 Å². The van der Waals surface area contributed by atoms with Gasteiger partial charge in [-0.15, -0.1) is 0 Å². The molecule has 1 amide bonds. The van der Waals surface area contributed by atoms with Crippen LogP contribution in [-0.2, 0) is 22.9 Å². The zero-order chi connectivity index (χ0) is 16.5. The zero-order valence-corrected chi connectivity index (χ0v) is 14.7. The Labute approximate surface area is 127 Å². The van der Waals surface area contributed by atoms with Crippen LogP contribution in [0.1, 0.15) is 54.4 Å². The zero-order valence-electron chi connectivity index (χ0n) is 13.8. The normalized spacial score (nSPS) is 13.8. The van der Waals surface area contributed by atoms with E-state index in [2.05, 4.69) is 5.32 Å². The molecule has 7 nitrogen and oxygen atoms in total. The van der Waals surface area contributed by atoms with Crippen molar-refractivity contribution in [1.29, 1.82) is 0 Å². The van der Waals surface area contributed by atoms with Crippen molar-refractivity contribution in [2.75, 3.05) is 13.2 Å². The molecule has 0 rings (SSSR count). The smallest absolute Gasteiger partial charge is 0.444 e. The molecule has 1 N–H and O–H groups in total. The van der Waals surface area contributed by atoms with Gasteiger partial charge in [0.05, 0.1) is 13.2 Å². The number of phosphoric ester groups is 1. The van der Waals surface area contributed by atoms with Gasteiger partial charge in [0.2, 0.25) is 0 Å². The fourth-order valence-corrected chi connectivity index (χ4v) is 2.72. The molecule has 1 atom stereocenters. The third-order valence-electron chi connectivity index (χ3n) is 2.06. The standard InChI is InChI=1S/C13H28NO6P/c1-7-10-11(14-12(15)19-13(4,5)6)20-21(16,17-8-2)18-9-3/h11H,7-10H2,1-6H3,(H,14,15). The maximum absolute atomic E-state index is 12.3. The van der Waals surface area contributed by atoms with E-state index in [-0.39, 0.29) is 13.2 Å². The highest BCUT2D eigenvalue weighted by atomic mass is 31.2. The quantitative estimate of drug-likeness (QED) is 0.512. The minimum absolute atomic E-state index is 0.183. The molecular weight excluding hydrogens is 297 g/mol. The van der Waals surface area contributed by atoms with Gasteiger partial charge in [0.1, 0.15) is 11.8 Å². The third-order valence-corrected chi connectivity index (χ3v) is 3.72. The van der Waals surface area contributed by atoms with Crippen molar-refractivity contribution in [3.05, 3.63) is 0 Å². The van der Waals surface area contributed by atoms with E-state index >= 15 is 0 Å². The fourth-order valence-electron chi connectivity index (χ4n) is 1.42. The van der Waals surface area contributed by atoms with Crippen LogP contribution in [0.2, 0.25) is 0 Å². The second-order valence-electron chi connectivity index (χ2n) is 5.31. The summed E-state index contributed by atoms with van der Waals surface area (Å²) in [7, 11) is -3.68. The van der Waals surface area contributed by atoms with E-state index in [9.17, 15) is 9.36 Å². The van der Waals surface area contributed by atoms with E-state index in [4.69, 9.17) is 18.3 Å². The molecule has 0 aromatic heterocycles. The fraction of sp³-hybridized carbons (Fsp3) is 0.923. The summed E-state index contributed by atoms with van der Waals surface area (Å²) in [4.78, 5) is 11.8. The lowest BCUT2D eigenvalue weighted by Gasteiger charge is -2.26. The molecule has 0 aliphatic carbocycles. The van der Waals surface area contributed by atoms with E-state index in [0.29, 0.717) is 6.42 Å². The number of hydrogen-bond acceptors (Lipinski definition) is 6. The minimum Gasteiger partial charge on any atom is -0.444 e.